The zero-order valence-electron chi connectivity index (χ0n) is 8.84. The Bertz CT molecular complexity index is 336. The summed E-state index contributed by atoms with van der Waals surface area (Å²) in [5.74, 6) is 0.349. The second-order valence-corrected chi connectivity index (χ2v) is 3.10. The Kier molecular flexibility index (Phi) is 4.15. The van der Waals surface area contributed by atoms with Crippen LogP contribution >= 0.6 is 0 Å². The van der Waals surface area contributed by atoms with Crippen LogP contribution in [-0.2, 0) is 4.79 Å². The first-order valence-corrected chi connectivity index (χ1v) is 5.19. The van der Waals surface area contributed by atoms with Crippen molar-refractivity contribution in [3.63, 3.8) is 0 Å². The van der Waals surface area contributed by atoms with E-state index in [0.717, 1.165) is 12.0 Å². The van der Waals surface area contributed by atoms with Crippen molar-refractivity contribution in [2.45, 2.75) is 33.1 Å². The Balaban J connectivity index is 0.000000461. The first kappa shape index (κ1) is 10.7. The molecule has 0 saturated heterocycles. The van der Waals surface area contributed by atoms with Crippen molar-refractivity contribution in [2.75, 3.05) is 0 Å². The van der Waals surface area contributed by atoms with Crippen LogP contribution in [0.25, 0.3) is 0 Å². The molecule has 2 aliphatic rings. The molecule has 0 aromatic rings. The third-order valence-corrected chi connectivity index (χ3v) is 2.22. The van der Waals surface area contributed by atoms with Crippen molar-refractivity contribution in [3.8, 4) is 0 Å². The zero-order valence-corrected chi connectivity index (χ0v) is 8.84. The highest BCUT2D eigenvalue weighted by Crippen LogP contribution is 2.25. The van der Waals surface area contributed by atoms with E-state index in [1.54, 1.807) is 0 Å². The lowest BCUT2D eigenvalue weighted by molar-refractivity contribution is -0.118. The molecule has 0 aromatic carbocycles. The third-order valence-electron chi connectivity index (χ3n) is 2.22. The maximum absolute atomic E-state index is 11.1. The van der Waals surface area contributed by atoms with Crippen LogP contribution in [0.1, 0.15) is 33.1 Å². The van der Waals surface area contributed by atoms with Crippen molar-refractivity contribution in [1.29, 1.82) is 0 Å². The topological polar surface area (TPSA) is 17.1 Å². The number of rotatable bonds is 0. The minimum absolute atomic E-state index is 0.349. The molecule has 0 N–H and O–H groups in total. The van der Waals surface area contributed by atoms with Crippen LogP contribution in [0.5, 0.6) is 0 Å². The molecule has 74 valence electrons. The molecule has 0 unspecified atom stereocenters. The molecule has 1 nitrogen and oxygen atoms in total. The lowest BCUT2D eigenvalue weighted by atomic mass is 9.91. The van der Waals surface area contributed by atoms with Gasteiger partial charge in [-0.25, -0.2) is 0 Å². The normalized spacial score (nSPS) is 18.6. The molecular weight excluding hydrogens is 172 g/mol. The Hall–Kier alpha value is -1.33. The SMILES string of the molecule is CC.O=C1CCC2=C(C=C=CC=C2)C1. The second kappa shape index (κ2) is 5.41. The van der Waals surface area contributed by atoms with Crippen LogP contribution in [0.2, 0.25) is 0 Å². The van der Waals surface area contributed by atoms with Gasteiger partial charge in [0.2, 0.25) is 0 Å². The molecule has 14 heavy (non-hydrogen) atoms. The van der Waals surface area contributed by atoms with E-state index < -0.39 is 0 Å². The van der Waals surface area contributed by atoms with Gasteiger partial charge in [0.1, 0.15) is 5.78 Å². The molecular formula is C13H16O. The van der Waals surface area contributed by atoms with E-state index in [1.807, 2.05) is 32.1 Å². The van der Waals surface area contributed by atoms with Gasteiger partial charge >= 0.3 is 0 Å². The Morgan fingerprint density at radius 2 is 2.00 bits per heavy atom. The minimum atomic E-state index is 0.349. The van der Waals surface area contributed by atoms with Crippen molar-refractivity contribution in [1.82, 2.24) is 0 Å². The summed E-state index contributed by atoms with van der Waals surface area (Å²) in [5, 5.41) is 0. The number of carbonyl (C=O) groups is 1. The van der Waals surface area contributed by atoms with Crippen molar-refractivity contribution in [2.24, 2.45) is 0 Å². The summed E-state index contributed by atoms with van der Waals surface area (Å²) < 4.78 is 0. The first-order chi connectivity index (χ1) is 6.86. The second-order valence-electron chi connectivity index (χ2n) is 3.10. The van der Waals surface area contributed by atoms with E-state index in [-0.39, 0.29) is 0 Å². The van der Waals surface area contributed by atoms with Crippen LogP contribution in [0.15, 0.2) is 41.2 Å². The van der Waals surface area contributed by atoms with E-state index >= 15 is 0 Å². The number of hydrogen-bond donors (Lipinski definition) is 0. The van der Waals surface area contributed by atoms with E-state index in [0.29, 0.717) is 18.6 Å². The highest BCUT2D eigenvalue weighted by Gasteiger charge is 2.14. The molecule has 0 bridgehead atoms. The van der Waals surface area contributed by atoms with E-state index in [4.69, 9.17) is 0 Å². The fraction of sp³-hybridized carbons (Fsp3) is 0.385. The molecule has 0 heterocycles. The van der Waals surface area contributed by atoms with Gasteiger partial charge < -0.3 is 0 Å². The van der Waals surface area contributed by atoms with Crippen LogP contribution in [0.3, 0.4) is 0 Å². The van der Waals surface area contributed by atoms with E-state index in [9.17, 15) is 4.79 Å². The van der Waals surface area contributed by atoms with Crippen LogP contribution < -0.4 is 0 Å². The largest absolute Gasteiger partial charge is 0.299 e. The average molecular weight is 188 g/mol. The Morgan fingerprint density at radius 1 is 1.21 bits per heavy atom. The van der Waals surface area contributed by atoms with Gasteiger partial charge in [0.05, 0.1) is 0 Å². The number of carbonyl (C=O) groups excluding carboxylic acids is 1. The van der Waals surface area contributed by atoms with Gasteiger partial charge in [0.25, 0.3) is 0 Å². The lowest BCUT2D eigenvalue weighted by Gasteiger charge is -2.13. The average Bonchev–Trinajstić information content (AvgIpc) is 2.45. The summed E-state index contributed by atoms with van der Waals surface area (Å²) in [6.07, 6.45) is 10.1. The highest BCUT2D eigenvalue weighted by molar-refractivity contribution is 5.83. The maximum Gasteiger partial charge on any atom is 0.137 e. The van der Waals surface area contributed by atoms with Gasteiger partial charge in [-0.2, -0.15) is 0 Å². The molecule has 0 aromatic heterocycles. The number of hydrogen-bond acceptors (Lipinski definition) is 1. The minimum Gasteiger partial charge on any atom is -0.299 e. The molecule has 2 rings (SSSR count). The molecule has 1 heteroatoms. The zero-order chi connectivity index (χ0) is 10.4. The van der Waals surface area contributed by atoms with Gasteiger partial charge in [-0.05, 0) is 29.7 Å². The number of allylic oxidation sites excluding steroid dienone is 5. The molecule has 0 amide bonds. The monoisotopic (exact) mass is 188 g/mol. The molecule has 0 spiro atoms. The summed E-state index contributed by atoms with van der Waals surface area (Å²) in [6, 6.07) is 0. The summed E-state index contributed by atoms with van der Waals surface area (Å²) in [4.78, 5) is 11.1. The Morgan fingerprint density at radius 3 is 2.79 bits per heavy atom. The quantitative estimate of drug-likeness (QED) is 0.533. The molecule has 0 radical (unpaired) electrons. The van der Waals surface area contributed by atoms with E-state index in [1.165, 1.54) is 5.57 Å². The van der Waals surface area contributed by atoms with Gasteiger partial charge in [0, 0.05) is 12.8 Å². The van der Waals surface area contributed by atoms with Gasteiger partial charge in [0.15, 0.2) is 0 Å². The molecule has 0 saturated carbocycles. The van der Waals surface area contributed by atoms with Crippen molar-refractivity contribution >= 4 is 5.78 Å². The predicted octanol–water partition coefficient (Wildman–Crippen LogP) is 3.34. The fourth-order valence-corrected chi connectivity index (χ4v) is 1.55. The van der Waals surface area contributed by atoms with Gasteiger partial charge in [-0.3, -0.25) is 4.79 Å². The molecule has 0 fully saturated rings. The molecule has 0 aliphatic heterocycles. The van der Waals surface area contributed by atoms with Gasteiger partial charge in [-0.1, -0.05) is 26.0 Å². The Labute approximate surface area is 85.5 Å². The van der Waals surface area contributed by atoms with E-state index in [2.05, 4.69) is 11.8 Å². The third kappa shape index (κ3) is 2.58. The smallest absolute Gasteiger partial charge is 0.137 e. The summed E-state index contributed by atoms with van der Waals surface area (Å²) in [6.45, 7) is 4.00. The van der Waals surface area contributed by atoms with Crippen LogP contribution in [0, 0.1) is 0 Å². The van der Waals surface area contributed by atoms with Crippen LogP contribution in [-0.4, -0.2) is 5.78 Å². The summed E-state index contributed by atoms with van der Waals surface area (Å²) >= 11 is 0. The van der Waals surface area contributed by atoms with Crippen molar-refractivity contribution < 1.29 is 4.79 Å². The fourth-order valence-electron chi connectivity index (χ4n) is 1.55. The molecule has 2 aliphatic carbocycles. The maximum atomic E-state index is 11.1. The lowest BCUT2D eigenvalue weighted by Crippen LogP contribution is -2.06. The molecule has 0 atom stereocenters. The van der Waals surface area contributed by atoms with Crippen molar-refractivity contribution in [3.05, 3.63) is 41.2 Å². The van der Waals surface area contributed by atoms with Gasteiger partial charge in [-0.15, -0.1) is 5.73 Å². The number of Topliss-reactive ketones (excluding diaryl/α,β-unsaturated/α-hetero) is 1. The first-order valence-electron chi connectivity index (χ1n) is 5.19. The summed E-state index contributed by atoms with van der Waals surface area (Å²) in [5.41, 5.74) is 5.47. The predicted molar refractivity (Wildman–Crippen MR) is 59.0 cm³/mol. The highest BCUT2D eigenvalue weighted by atomic mass is 16.1. The summed E-state index contributed by atoms with van der Waals surface area (Å²) in [7, 11) is 0. The van der Waals surface area contributed by atoms with Crippen LogP contribution in [0.4, 0.5) is 0 Å². The standard InChI is InChI=1S/C11H10O.C2H6/c12-11-7-6-9-4-2-1-3-5-10(9)8-11;1-2/h1-2,4-5H,6-8H2;1-2H3. The number of ketones is 1.